The van der Waals surface area contributed by atoms with E-state index >= 15 is 0 Å². The third-order valence-electron chi connectivity index (χ3n) is 4.62. The highest BCUT2D eigenvalue weighted by atomic mass is 19.1. The Balaban J connectivity index is 1.58. The number of hydrogen-bond acceptors (Lipinski definition) is 3. The molecule has 2 aromatic carbocycles. The van der Waals surface area contributed by atoms with E-state index in [0.29, 0.717) is 31.9 Å². The lowest BCUT2D eigenvalue weighted by Gasteiger charge is -2.38. The molecule has 0 aromatic heterocycles. The summed E-state index contributed by atoms with van der Waals surface area (Å²) >= 11 is 0. The lowest BCUT2D eigenvalue weighted by atomic mass is 10.2. The van der Waals surface area contributed by atoms with Crippen molar-refractivity contribution < 1.29 is 18.0 Å². The summed E-state index contributed by atoms with van der Waals surface area (Å²) in [6, 6.07) is 9.14. The molecule has 7 heteroatoms. The van der Waals surface area contributed by atoms with E-state index in [1.165, 1.54) is 12.1 Å². The Bertz CT molecular complexity index is 791. The summed E-state index contributed by atoms with van der Waals surface area (Å²) in [6.45, 7) is 4.06. The highest BCUT2D eigenvalue weighted by Gasteiger charge is 2.27. The van der Waals surface area contributed by atoms with Gasteiger partial charge in [-0.15, -0.1) is 0 Å². The van der Waals surface area contributed by atoms with Crippen LogP contribution in [0.5, 0.6) is 0 Å². The van der Waals surface area contributed by atoms with Gasteiger partial charge >= 0.3 is 0 Å². The standard InChI is InChI=1S/C19H20F3N3O/c1-13(19(26)23-17-7-6-14(20)12-16(17)22)24-8-10-25(11-9-24)18-5-3-2-4-15(18)21/h2-7,12-13H,8-11H2,1H3,(H,23,26). The van der Waals surface area contributed by atoms with Crippen LogP contribution in [0.3, 0.4) is 0 Å². The Morgan fingerprint density at radius 3 is 2.35 bits per heavy atom. The number of nitrogens with one attached hydrogen (secondary N) is 1. The number of benzene rings is 2. The van der Waals surface area contributed by atoms with Crippen LogP contribution in [0.2, 0.25) is 0 Å². The highest BCUT2D eigenvalue weighted by molar-refractivity contribution is 5.94. The van der Waals surface area contributed by atoms with Crippen LogP contribution in [0.1, 0.15) is 6.92 Å². The van der Waals surface area contributed by atoms with Gasteiger partial charge in [0.05, 0.1) is 17.4 Å². The summed E-state index contributed by atoms with van der Waals surface area (Å²) in [5, 5.41) is 2.49. The predicted molar refractivity (Wildman–Crippen MR) is 94.6 cm³/mol. The molecule has 1 amide bonds. The molecule has 1 saturated heterocycles. The molecule has 1 aliphatic rings. The van der Waals surface area contributed by atoms with Gasteiger partial charge in [-0.1, -0.05) is 12.1 Å². The number of para-hydroxylation sites is 1. The average molecular weight is 363 g/mol. The van der Waals surface area contributed by atoms with E-state index in [9.17, 15) is 18.0 Å². The summed E-state index contributed by atoms with van der Waals surface area (Å²) in [6.07, 6.45) is 0. The largest absolute Gasteiger partial charge is 0.367 e. The third-order valence-corrected chi connectivity index (χ3v) is 4.62. The fraction of sp³-hybridized carbons (Fsp3) is 0.316. The second kappa shape index (κ2) is 7.78. The van der Waals surface area contributed by atoms with Crippen molar-refractivity contribution in [2.45, 2.75) is 13.0 Å². The molecule has 3 rings (SSSR count). The van der Waals surface area contributed by atoms with E-state index in [2.05, 4.69) is 5.32 Å². The summed E-state index contributed by atoms with van der Waals surface area (Å²) < 4.78 is 40.5. The predicted octanol–water partition coefficient (Wildman–Crippen LogP) is 3.25. The third kappa shape index (κ3) is 3.99. The minimum Gasteiger partial charge on any atom is -0.367 e. The first-order valence-corrected chi connectivity index (χ1v) is 8.45. The van der Waals surface area contributed by atoms with E-state index in [4.69, 9.17) is 0 Å². The molecule has 0 spiro atoms. The molecule has 1 heterocycles. The second-order valence-corrected chi connectivity index (χ2v) is 6.26. The van der Waals surface area contributed by atoms with Gasteiger partial charge in [-0.05, 0) is 31.2 Å². The average Bonchev–Trinajstić information content (AvgIpc) is 2.64. The van der Waals surface area contributed by atoms with Crippen molar-refractivity contribution in [2.75, 3.05) is 36.4 Å². The first-order valence-electron chi connectivity index (χ1n) is 8.45. The van der Waals surface area contributed by atoms with Gasteiger partial charge in [-0.3, -0.25) is 9.69 Å². The number of carbonyl (C=O) groups excluding carboxylic acids is 1. The van der Waals surface area contributed by atoms with Crippen LogP contribution in [-0.4, -0.2) is 43.0 Å². The Hall–Kier alpha value is -2.54. The maximum absolute atomic E-state index is 13.9. The molecule has 0 aliphatic carbocycles. The van der Waals surface area contributed by atoms with Gasteiger partial charge in [-0.25, -0.2) is 13.2 Å². The zero-order valence-corrected chi connectivity index (χ0v) is 14.4. The molecule has 1 fully saturated rings. The number of anilines is 2. The maximum atomic E-state index is 13.9. The molecule has 1 N–H and O–H groups in total. The van der Waals surface area contributed by atoms with E-state index < -0.39 is 17.7 Å². The van der Waals surface area contributed by atoms with Crippen molar-refractivity contribution in [3.63, 3.8) is 0 Å². The minimum atomic E-state index is -0.810. The van der Waals surface area contributed by atoms with Gasteiger partial charge in [0.15, 0.2) is 0 Å². The van der Waals surface area contributed by atoms with E-state index in [0.717, 1.165) is 12.1 Å². The van der Waals surface area contributed by atoms with Gasteiger partial charge in [0, 0.05) is 32.2 Å². The van der Waals surface area contributed by atoms with Crippen molar-refractivity contribution in [1.29, 1.82) is 0 Å². The van der Waals surface area contributed by atoms with Crippen LogP contribution in [-0.2, 0) is 4.79 Å². The fourth-order valence-electron chi connectivity index (χ4n) is 3.05. The lowest BCUT2D eigenvalue weighted by molar-refractivity contribution is -0.120. The molecular formula is C19H20F3N3O. The number of rotatable bonds is 4. The van der Waals surface area contributed by atoms with Crippen LogP contribution in [0, 0.1) is 17.5 Å². The number of amides is 1. The van der Waals surface area contributed by atoms with Crippen molar-refractivity contribution >= 4 is 17.3 Å². The summed E-state index contributed by atoms with van der Waals surface area (Å²) in [5.74, 6) is -2.14. The van der Waals surface area contributed by atoms with Crippen molar-refractivity contribution in [1.82, 2.24) is 4.90 Å². The molecule has 2 aromatic rings. The second-order valence-electron chi connectivity index (χ2n) is 6.26. The molecule has 0 bridgehead atoms. The molecule has 1 atom stereocenters. The normalized spacial score (nSPS) is 16.4. The molecule has 0 saturated carbocycles. The zero-order chi connectivity index (χ0) is 18.7. The molecule has 26 heavy (non-hydrogen) atoms. The van der Waals surface area contributed by atoms with Crippen molar-refractivity contribution in [2.24, 2.45) is 0 Å². The first-order chi connectivity index (χ1) is 12.5. The summed E-state index contributed by atoms with van der Waals surface area (Å²) in [5.41, 5.74) is 0.505. The molecule has 138 valence electrons. The topological polar surface area (TPSA) is 35.6 Å². The van der Waals surface area contributed by atoms with Crippen molar-refractivity contribution in [3.8, 4) is 0 Å². The van der Waals surface area contributed by atoms with Crippen LogP contribution < -0.4 is 10.2 Å². The number of halogens is 3. The number of nitrogens with zero attached hydrogens (tertiary/aromatic N) is 2. The zero-order valence-electron chi connectivity index (χ0n) is 14.4. The fourth-order valence-corrected chi connectivity index (χ4v) is 3.05. The summed E-state index contributed by atoms with van der Waals surface area (Å²) in [7, 11) is 0. The molecule has 1 unspecified atom stereocenters. The van der Waals surface area contributed by atoms with E-state index in [1.807, 2.05) is 9.80 Å². The van der Waals surface area contributed by atoms with Crippen LogP contribution in [0.15, 0.2) is 42.5 Å². The summed E-state index contributed by atoms with van der Waals surface area (Å²) in [4.78, 5) is 16.3. The van der Waals surface area contributed by atoms with Gasteiger partial charge in [0.25, 0.3) is 0 Å². The number of piperazine rings is 1. The molecule has 0 radical (unpaired) electrons. The lowest BCUT2D eigenvalue weighted by Crippen LogP contribution is -2.53. The molecule has 1 aliphatic heterocycles. The Labute approximate surface area is 150 Å². The molecule has 4 nitrogen and oxygen atoms in total. The Kier molecular flexibility index (Phi) is 5.46. The number of carbonyl (C=O) groups is 1. The molecular weight excluding hydrogens is 343 g/mol. The van der Waals surface area contributed by atoms with Crippen molar-refractivity contribution in [3.05, 3.63) is 59.9 Å². The minimum absolute atomic E-state index is 0.0479. The maximum Gasteiger partial charge on any atom is 0.241 e. The van der Waals surface area contributed by atoms with Crippen LogP contribution in [0.4, 0.5) is 24.5 Å². The number of hydrogen-bond donors (Lipinski definition) is 1. The monoisotopic (exact) mass is 363 g/mol. The first kappa shape index (κ1) is 18.3. The van der Waals surface area contributed by atoms with Gasteiger partial charge in [-0.2, -0.15) is 0 Å². The van der Waals surface area contributed by atoms with Gasteiger partial charge in [0.2, 0.25) is 5.91 Å². The van der Waals surface area contributed by atoms with E-state index in [1.54, 1.807) is 25.1 Å². The highest BCUT2D eigenvalue weighted by Crippen LogP contribution is 2.21. The quantitative estimate of drug-likeness (QED) is 0.906. The van der Waals surface area contributed by atoms with Gasteiger partial charge < -0.3 is 10.2 Å². The van der Waals surface area contributed by atoms with Crippen LogP contribution in [0.25, 0.3) is 0 Å². The van der Waals surface area contributed by atoms with Gasteiger partial charge in [0.1, 0.15) is 17.5 Å². The smallest absolute Gasteiger partial charge is 0.241 e. The Morgan fingerprint density at radius 1 is 1.00 bits per heavy atom. The SMILES string of the molecule is CC(C(=O)Nc1ccc(F)cc1F)N1CCN(c2ccccc2F)CC1. The Morgan fingerprint density at radius 2 is 1.69 bits per heavy atom. The van der Waals surface area contributed by atoms with Crippen LogP contribution >= 0.6 is 0 Å². The van der Waals surface area contributed by atoms with E-state index in [-0.39, 0.29) is 17.4 Å².